The van der Waals surface area contributed by atoms with Crippen molar-refractivity contribution in [2.24, 2.45) is 0 Å². The van der Waals surface area contributed by atoms with E-state index >= 15 is 0 Å². The number of hydrogen-bond acceptors (Lipinski definition) is 7. The van der Waals surface area contributed by atoms with Crippen molar-refractivity contribution in [2.75, 3.05) is 19.8 Å². The van der Waals surface area contributed by atoms with Gasteiger partial charge >= 0.3 is 11.9 Å². The molecule has 2 aromatic rings. The number of carbonyl (C=O) groups is 2. The minimum absolute atomic E-state index is 0.152. The van der Waals surface area contributed by atoms with Gasteiger partial charge in [-0.2, -0.15) is 5.26 Å². The molecule has 0 unspecified atom stereocenters. The molecule has 0 saturated heterocycles. The molecule has 0 aromatic heterocycles. The lowest BCUT2D eigenvalue weighted by atomic mass is 10.1. The van der Waals surface area contributed by atoms with Crippen molar-refractivity contribution in [1.29, 1.82) is 5.26 Å². The fraction of sp³-hybridized carbons (Fsp3) is 0.292. The van der Waals surface area contributed by atoms with E-state index in [-0.39, 0.29) is 30.3 Å². The summed E-state index contributed by atoms with van der Waals surface area (Å²) in [6.07, 6.45) is 1.38. The Morgan fingerprint density at radius 1 is 1.03 bits per heavy atom. The fourth-order valence-electron chi connectivity index (χ4n) is 2.76. The van der Waals surface area contributed by atoms with E-state index in [1.54, 1.807) is 38.1 Å². The van der Waals surface area contributed by atoms with Crippen molar-refractivity contribution in [3.05, 3.63) is 57.6 Å². The Bertz CT molecular complexity index is 1050. The van der Waals surface area contributed by atoms with E-state index < -0.39 is 11.9 Å². The predicted molar refractivity (Wildman–Crippen MR) is 120 cm³/mol. The number of halogens is 1. The normalized spacial score (nSPS) is 10.8. The zero-order valence-corrected chi connectivity index (χ0v) is 19.1. The van der Waals surface area contributed by atoms with Gasteiger partial charge in [-0.3, -0.25) is 0 Å². The summed E-state index contributed by atoms with van der Waals surface area (Å²) in [5.41, 5.74) is 2.05. The van der Waals surface area contributed by atoms with Crippen molar-refractivity contribution in [3.63, 3.8) is 0 Å². The van der Waals surface area contributed by atoms with Crippen LogP contribution >= 0.6 is 11.6 Å². The van der Waals surface area contributed by atoms with Gasteiger partial charge in [0.2, 0.25) is 0 Å². The van der Waals surface area contributed by atoms with E-state index in [0.717, 1.165) is 11.1 Å². The molecule has 0 atom stereocenters. The van der Waals surface area contributed by atoms with Gasteiger partial charge in [-0.25, -0.2) is 9.59 Å². The first-order chi connectivity index (χ1) is 15.3. The first kappa shape index (κ1) is 24.8. The van der Waals surface area contributed by atoms with Crippen molar-refractivity contribution in [1.82, 2.24) is 0 Å². The van der Waals surface area contributed by atoms with Gasteiger partial charge in [0.05, 0.1) is 13.2 Å². The standard InChI is InChI=1S/C24H24ClNO6/c1-5-29-21-12-17(11-18(13-26)24(28)30-6-2)7-8-20(21)32-22(27)14-31-19-9-15(3)23(25)16(4)10-19/h7-12H,5-6,14H2,1-4H3/b18-11+. The van der Waals surface area contributed by atoms with E-state index in [1.807, 2.05) is 19.9 Å². The van der Waals surface area contributed by atoms with Crippen LogP contribution in [0.5, 0.6) is 17.2 Å². The summed E-state index contributed by atoms with van der Waals surface area (Å²) >= 11 is 6.14. The largest absolute Gasteiger partial charge is 0.490 e. The Kier molecular flexibility index (Phi) is 9.11. The van der Waals surface area contributed by atoms with Crippen molar-refractivity contribution in [2.45, 2.75) is 27.7 Å². The van der Waals surface area contributed by atoms with Crippen molar-refractivity contribution < 1.29 is 28.5 Å². The molecule has 0 aliphatic carbocycles. The van der Waals surface area contributed by atoms with Gasteiger partial charge in [0, 0.05) is 5.02 Å². The second-order valence-electron chi connectivity index (χ2n) is 6.66. The zero-order valence-electron chi connectivity index (χ0n) is 18.4. The molecular formula is C24H24ClNO6. The minimum atomic E-state index is -0.715. The van der Waals surface area contributed by atoms with Gasteiger partial charge in [0.25, 0.3) is 0 Å². The number of esters is 2. The van der Waals surface area contributed by atoms with Crippen LogP contribution in [0, 0.1) is 25.2 Å². The van der Waals surface area contributed by atoms with E-state index in [2.05, 4.69) is 0 Å². The topological polar surface area (TPSA) is 94.9 Å². The van der Waals surface area contributed by atoms with Crippen LogP contribution in [0.2, 0.25) is 5.02 Å². The molecule has 0 spiro atoms. The third-order valence-corrected chi connectivity index (χ3v) is 4.78. The van der Waals surface area contributed by atoms with Crippen LogP contribution in [-0.4, -0.2) is 31.8 Å². The number of hydrogen-bond donors (Lipinski definition) is 0. The predicted octanol–water partition coefficient (Wildman–Crippen LogP) is 4.81. The van der Waals surface area contributed by atoms with Gasteiger partial charge < -0.3 is 18.9 Å². The molecule has 0 radical (unpaired) electrons. The highest BCUT2D eigenvalue weighted by molar-refractivity contribution is 6.32. The Morgan fingerprint density at radius 3 is 2.31 bits per heavy atom. The zero-order chi connectivity index (χ0) is 23.7. The molecule has 2 aromatic carbocycles. The van der Waals surface area contributed by atoms with Gasteiger partial charge in [0.1, 0.15) is 17.4 Å². The van der Waals surface area contributed by atoms with E-state index in [1.165, 1.54) is 12.1 Å². The second-order valence-corrected chi connectivity index (χ2v) is 7.04. The monoisotopic (exact) mass is 457 g/mol. The highest BCUT2D eigenvalue weighted by Crippen LogP contribution is 2.30. The molecule has 0 amide bonds. The molecule has 0 saturated carbocycles. The Balaban J connectivity index is 2.14. The first-order valence-corrected chi connectivity index (χ1v) is 10.3. The molecule has 0 aliphatic rings. The molecule has 0 heterocycles. The van der Waals surface area contributed by atoms with Crippen LogP contribution in [0.3, 0.4) is 0 Å². The molecule has 7 nitrogen and oxygen atoms in total. The first-order valence-electron chi connectivity index (χ1n) is 9.95. The number of benzene rings is 2. The number of rotatable bonds is 9. The molecule has 168 valence electrons. The summed E-state index contributed by atoms with van der Waals surface area (Å²) in [4.78, 5) is 24.1. The lowest BCUT2D eigenvalue weighted by Gasteiger charge is -2.13. The molecule has 0 bridgehead atoms. The molecule has 32 heavy (non-hydrogen) atoms. The number of nitrogens with zero attached hydrogens (tertiary/aromatic N) is 1. The molecule has 0 aliphatic heterocycles. The van der Waals surface area contributed by atoms with Crippen LogP contribution in [0.1, 0.15) is 30.5 Å². The third kappa shape index (κ3) is 6.76. The average molecular weight is 458 g/mol. The lowest BCUT2D eigenvalue weighted by Crippen LogP contribution is -2.18. The number of ether oxygens (including phenoxy) is 4. The van der Waals surface area contributed by atoms with Gasteiger partial charge in [-0.15, -0.1) is 0 Å². The van der Waals surface area contributed by atoms with Crippen LogP contribution in [0.4, 0.5) is 0 Å². The smallest absolute Gasteiger partial charge is 0.349 e. The summed E-state index contributed by atoms with van der Waals surface area (Å²) < 4.78 is 21.3. The summed E-state index contributed by atoms with van der Waals surface area (Å²) in [5.74, 6) is -0.350. The van der Waals surface area contributed by atoms with Crippen LogP contribution < -0.4 is 14.2 Å². The SMILES string of the molecule is CCOC(=O)/C(C#N)=C/c1ccc(OC(=O)COc2cc(C)c(Cl)c(C)c2)c(OCC)c1. The quantitative estimate of drug-likeness (QED) is 0.231. The van der Waals surface area contributed by atoms with Crippen molar-refractivity contribution >= 4 is 29.6 Å². The van der Waals surface area contributed by atoms with E-state index in [0.29, 0.717) is 22.9 Å². The summed E-state index contributed by atoms with van der Waals surface area (Å²) in [5, 5.41) is 9.84. The highest BCUT2D eigenvalue weighted by atomic mass is 35.5. The Labute approximate surface area is 192 Å². The molecule has 0 N–H and O–H groups in total. The van der Waals surface area contributed by atoms with Crippen LogP contribution in [0.15, 0.2) is 35.9 Å². The highest BCUT2D eigenvalue weighted by Gasteiger charge is 2.15. The molecular weight excluding hydrogens is 434 g/mol. The number of nitriles is 1. The van der Waals surface area contributed by atoms with Gasteiger partial charge in [0.15, 0.2) is 18.1 Å². The Morgan fingerprint density at radius 2 is 1.72 bits per heavy atom. The Hall–Kier alpha value is -3.50. The molecule has 2 rings (SSSR count). The maximum atomic E-state index is 12.3. The van der Waals surface area contributed by atoms with Gasteiger partial charge in [-0.1, -0.05) is 17.7 Å². The van der Waals surface area contributed by atoms with Gasteiger partial charge in [-0.05, 0) is 74.7 Å². The van der Waals surface area contributed by atoms with E-state index in [4.69, 9.17) is 30.5 Å². The number of carbonyl (C=O) groups excluding carboxylic acids is 2. The minimum Gasteiger partial charge on any atom is -0.490 e. The maximum absolute atomic E-state index is 12.3. The van der Waals surface area contributed by atoms with Crippen LogP contribution in [0.25, 0.3) is 6.08 Å². The summed E-state index contributed by atoms with van der Waals surface area (Å²) in [6.45, 7) is 7.31. The fourth-order valence-corrected chi connectivity index (χ4v) is 2.87. The maximum Gasteiger partial charge on any atom is 0.349 e. The summed E-state index contributed by atoms with van der Waals surface area (Å²) in [6, 6.07) is 9.97. The molecule has 0 fully saturated rings. The second kappa shape index (κ2) is 11.8. The van der Waals surface area contributed by atoms with Crippen LogP contribution in [-0.2, 0) is 14.3 Å². The van der Waals surface area contributed by atoms with E-state index in [9.17, 15) is 14.9 Å². The average Bonchev–Trinajstić information content (AvgIpc) is 2.76. The number of aryl methyl sites for hydroxylation is 2. The summed E-state index contributed by atoms with van der Waals surface area (Å²) in [7, 11) is 0. The molecule has 8 heteroatoms. The van der Waals surface area contributed by atoms with Crippen molar-refractivity contribution in [3.8, 4) is 23.3 Å². The third-order valence-electron chi connectivity index (χ3n) is 4.18. The lowest BCUT2D eigenvalue weighted by molar-refractivity contribution is -0.138.